The fourth-order valence-corrected chi connectivity index (χ4v) is 2.16. The minimum Gasteiger partial charge on any atom is -0.368 e. The lowest BCUT2D eigenvalue weighted by molar-refractivity contribution is -0.127. The molecule has 0 bridgehead atoms. The van der Waals surface area contributed by atoms with E-state index in [9.17, 15) is 18.4 Å². The average Bonchev–Trinajstić information content (AvgIpc) is 2.48. The van der Waals surface area contributed by atoms with E-state index in [1.165, 1.54) is 42.5 Å². The Morgan fingerprint density at radius 1 is 1.00 bits per heavy atom. The predicted molar refractivity (Wildman–Crippen MR) is 81.3 cm³/mol. The summed E-state index contributed by atoms with van der Waals surface area (Å²) in [5, 5.41) is 2.52. The van der Waals surface area contributed by atoms with E-state index in [1.54, 1.807) is 6.07 Å². The van der Waals surface area contributed by atoms with Crippen molar-refractivity contribution < 1.29 is 18.4 Å². The first-order chi connectivity index (χ1) is 10.9. The summed E-state index contributed by atoms with van der Waals surface area (Å²) in [6.45, 7) is 0. The first kappa shape index (κ1) is 16.6. The number of nitrogens with two attached hydrogens (primary N) is 1. The van der Waals surface area contributed by atoms with Gasteiger partial charge in [-0.25, -0.2) is 8.78 Å². The van der Waals surface area contributed by atoms with E-state index in [-0.39, 0.29) is 18.7 Å². The van der Waals surface area contributed by atoms with Gasteiger partial charge < -0.3 is 11.1 Å². The van der Waals surface area contributed by atoms with Crippen LogP contribution in [-0.4, -0.2) is 17.9 Å². The second-order valence-electron chi connectivity index (χ2n) is 5.16. The molecule has 0 aliphatic carbocycles. The van der Waals surface area contributed by atoms with E-state index >= 15 is 0 Å². The molecule has 2 amide bonds. The zero-order valence-electron chi connectivity index (χ0n) is 12.3. The maximum atomic E-state index is 13.1. The largest absolute Gasteiger partial charge is 0.368 e. The molecule has 2 rings (SSSR count). The van der Waals surface area contributed by atoms with Crippen molar-refractivity contribution >= 4 is 11.8 Å². The van der Waals surface area contributed by atoms with Crippen LogP contribution in [0.1, 0.15) is 11.1 Å². The van der Waals surface area contributed by atoms with Gasteiger partial charge in [0.05, 0.1) is 6.42 Å². The Labute approximate surface area is 132 Å². The molecule has 0 spiro atoms. The van der Waals surface area contributed by atoms with Gasteiger partial charge >= 0.3 is 0 Å². The molecule has 0 aromatic heterocycles. The lowest BCUT2D eigenvalue weighted by Gasteiger charge is -2.15. The number of rotatable bonds is 6. The number of nitrogens with one attached hydrogen (secondary N) is 1. The van der Waals surface area contributed by atoms with Crippen molar-refractivity contribution in [1.29, 1.82) is 0 Å². The van der Waals surface area contributed by atoms with Crippen molar-refractivity contribution in [3.63, 3.8) is 0 Å². The summed E-state index contributed by atoms with van der Waals surface area (Å²) in [6.07, 6.45) is 0.0927. The third-order valence-electron chi connectivity index (χ3n) is 3.29. The second kappa shape index (κ2) is 7.49. The third kappa shape index (κ3) is 5.18. The number of benzene rings is 2. The van der Waals surface area contributed by atoms with Crippen molar-refractivity contribution in [2.24, 2.45) is 5.73 Å². The summed E-state index contributed by atoms with van der Waals surface area (Å²) in [5.74, 6) is -1.96. The van der Waals surface area contributed by atoms with Gasteiger partial charge in [0.15, 0.2) is 0 Å². The smallest absolute Gasteiger partial charge is 0.240 e. The monoisotopic (exact) mass is 318 g/mol. The Balaban J connectivity index is 1.99. The Kier molecular flexibility index (Phi) is 5.41. The van der Waals surface area contributed by atoms with E-state index in [0.29, 0.717) is 11.1 Å². The van der Waals surface area contributed by atoms with Crippen LogP contribution in [0.15, 0.2) is 48.5 Å². The fraction of sp³-hybridized carbons (Fsp3) is 0.176. The SMILES string of the molecule is NC(=O)[C@H](Cc1ccc(F)cc1)NC(=O)Cc1cccc(F)c1. The highest BCUT2D eigenvalue weighted by atomic mass is 19.1. The van der Waals surface area contributed by atoms with Crippen LogP contribution in [-0.2, 0) is 22.4 Å². The molecule has 3 N–H and O–H groups in total. The van der Waals surface area contributed by atoms with E-state index in [2.05, 4.69) is 5.32 Å². The molecule has 120 valence electrons. The number of primary amides is 1. The van der Waals surface area contributed by atoms with E-state index < -0.39 is 23.7 Å². The molecule has 2 aromatic carbocycles. The van der Waals surface area contributed by atoms with Gasteiger partial charge in [-0.15, -0.1) is 0 Å². The summed E-state index contributed by atoms with van der Waals surface area (Å²) in [5.41, 5.74) is 6.45. The van der Waals surface area contributed by atoms with Crippen molar-refractivity contribution in [1.82, 2.24) is 5.32 Å². The molecule has 0 saturated heterocycles. The minimum absolute atomic E-state index is 0.0645. The topological polar surface area (TPSA) is 72.2 Å². The van der Waals surface area contributed by atoms with Crippen LogP contribution < -0.4 is 11.1 Å². The standard InChI is InChI=1S/C17H16F2N2O2/c18-13-6-4-11(5-7-13)9-15(17(20)23)21-16(22)10-12-2-1-3-14(19)8-12/h1-8,15H,9-10H2,(H2,20,23)(H,21,22)/t15-/m0/s1. The molecule has 0 radical (unpaired) electrons. The highest BCUT2D eigenvalue weighted by molar-refractivity contribution is 5.87. The number of halogens is 2. The molecule has 0 saturated carbocycles. The zero-order valence-corrected chi connectivity index (χ0v) is 12.3. The zero-order chi connectivity index (χ0) is 16.8. The molecule has 0 aliphatic rings. The molecule has 0 fully saturated rings. The molecule has 6 heteroatoms. The quantitative estimate of drug-likeness (QED) is 0.851. The highest BCUT2D eigenvalue weighted by Gasteiger charge is 2.18. The Morgan fingerprint density at radius 2 is 1.70 bits per heavy atom. The first-order valence-electron chi connectivity index (χ1n) is 7.01. The van der Waals surface area contributed by atoms with Crippen LogP contribution >= 0.6 is 0 Å². The number of carbonyl (C=O) groups excluding carboxylic acids is 2. The summed E-state index contributed by atoms with van der Waals surface area (Å²) in [7, 11) is 0. The average molecular weight is 318 g/mol. The lowest BCUT2D eigenvalue weighted by Crippen LogP contribution is -2.46. The molecule has 4 nitrogen and oxygen atoms in total. The van der Waals surface area contributed by atoms with Crippen molar-refractivity contribution in [2.45, 2.75) is 18.9 Å². The maximum absolute atomic E-state index is 13.1. The molecule has 0 heterocycles. The molecule has 0 unspecified atom stereocenters. The summed E-state index contributed by atoms with van der Waals surface area (Å²) >= 11 is 0. The van der Waals surface area contributed by atoms with Crippen LogP contribution in [0.4, 0.5) is 8.78 Å². The predicted octanol–water partition coefficient (Wildman–Crippen LogP) is 1.72. The van der Waals surface area contributed by atoms with Crippen LogP contribution in [0.2, 0.25) is 0 Å². The van der Waals surface area contributed by atoms with Gasteiger partial charge in [-0.05, 0) is 35.4 Å². The van der Waals surface area contributed by atoms with Gasteiger partial charge in [-0.2, -0.15) is 0 Å². The normalized spacial score (nSPS) is 11.7. The van der Waals surface area contributed by atoms with Crippen LogP contribution in [0.25, 0.3) is 0 Å². The first-order valence-corrected chi connectivity index (χ1v) is 7.01. The highest BCUT2D eigenvalue weighted by Crippen LogP contribution is 2.07. The fourth-order valence-electron chi connectivity index (χ4n) is 2.16. The van der Waals surface area contributed by atoms with Crippen molar-refractivity contribution in [3.8, 4) is 0 Å². The Morgan fingerprint density at radius 3 is 2.30 bits per heavy atom. The maximum Gasteiger partial charge on any atom is 0.240 e. The summed E-state index contributed by atoms with van der Waals surface area (Å²) in [4.78, 5) is 23.5. The van der Waals surface area contributed by atoms with E-state index in [4.69, 9.17) is 5.73 Å². The van der Waals surface area contributed by atoms with Gasteiger partial charge in [0, 0.05) is 6.42 Å². The van der Waals surface area contributed by atoms with Gasteiger partial charge in [0.1, 0.15) is 17.7 Å². The van der Waals surface area contributed by atoms with Gasteiger partial charge in [-0.1, -0.05) is 24.3 Å². The van der Waals surface area contributed by atoms with Crippen LogP contribution in [0, 0.1) is 11.6 Å². The molecular formula is C17H16F2N2O2. The molecule has 2 aromatic rings. The number of amides is 2. The van der Waals surface area contributed by atoms with Crippen LogP contribution in [0.3, 0.4) is 0 Å². The van der Waals surface area contributed by atoms with Crippen molar-refractivity contribution in [3.05, 3.63) is 71.3 Å². The molecular weight excluding hydrogens is 302 g/mol. The number of hydrogen-bond donors (Lipinski definition) is 2. The van der Waals surface area contributed by atoms with E-state index in [1.807, 2.05) is 0 Å². The third-order valence-corrected chi connectivity index (χ3v) is 3.29. The molecule has 1 atom stereocenters. The minimum atomic E-state index is -0.915. The number of carbonyl (C=O) groups is 2. The van der Waals surface area contributed by atoms with Gasteiger partial charge in [-0.3, -0.25) is 9.59 Å². The molecule has 23 heavy (non-hydrogen) atoms. The Bertz CT molecular complexity index is 702. The van der Waals surface area contributed by atoms with Gasteiger partial charge in [0.25, 0.3) is 0 Å². The summed E-state index contributed by atoms with van der Waals surface area (Å²) in [6, 6.07) is 10.3. The Hall–Kier alpha value is -2.76. The van der Waals surface area contributed by atoms with Gasteiger partial charge in [0.2, 0.25) is 11.8 Å². The molecule has 0 aliphatic heterocycles. The van der Waals surface area contributed by atoms with Crippen molar-refractivity contribution in [2.75, 3.05) is 0 Å². The van der Waals surface area contributed by atoms with Crippen LogP contribution in [0.5, 0.6) is 0 Å². The second-order valence-corrected chi connectivity index (χ2v) is 5.16. The summed E-state index contributed by atoms with van der Waals surface area (Å²) < 4.78 is 26.0. The number of hydrogen-bond acceptors (Lipinski definition) is 2. The van der Waals surface area contributed by atoms with E-state index in [0.717, 1.165) is 0 Å². The lowest BCUT2D eigenvalue weighted by atomic mass is 10.0.